The SMILES string of the molecule is C=C(C)C(=O)Oc1ccc(C(C)Cc2cc(OCC)c(OC(=O)C(=C)C)c(OCC)c2OCC)c(OCC)c1OCC. The monoisotopic (exact) mass is 584 g/mol. The average molecular weight is 585 g/mol. The molecular weight excluding hydrogens is 540 g/mol. The average Bonchev–Trinajstić information content (AvgIpc) is 2.94. The predicted molar refractivity (Wildman–Crippen MR) is 162 cm³/mol. The molecule has 0 spiro atoms. The Morgan fingerprint density at radius 1 is 0.643 bits per heavy atom. The van der Waals surface area contributed by atoms with Crippen molar-refractivity contribution >= 4 is 11.9 Å². The molecule has 0 bridgehead atoms. The summed E-state index contributed by atoms with van der Waals surface area (Å²) in [5.74, 6) is 1.02. The van der Waals surface area contributed by atoms with E-state index in [9.17, 15) is 9.59 Å². The van der Waals surface area contributed by atoms with Gasteiger partial charge in [-0.2, -0.15) is 0 Å². The van der Waals surface area contributed by atoms with Crippen LogP contribution in [0.25, 0.3) is 0 Å². The minimum Gasteiger partial charge on any atom is -0.490 e. The van der Waals surface area contributed by atoms with Gasteiger partial charge in [-0.15, -0.1) is 0 Å². The van der Waals surface area contributed by atoms with E-state index in [4.69, 9.17) is 33.2 Å². The standard InChI is InChI=1S/C33H44O9/c1-11-36-26-19-23(27(37-12-2)31(40-15-5)30(26)42-33(35)21(8)9)18-22(10)24-16-17-25(41-32(34)20(6)7)29(39-14-4)28(24)38-13-3/h16-17,19,22H,6,8,11-15,18H2,1-5,7,9-10H3. The van der Waals surface area contributed by atoms with E-state index < -0.39 is 11.9 Å². The van der Waals surface area contributed by atoms with Crippen molar-refractivity contribution in [3.8, 4) is 40.2 Å². The molecule has 0 fully saturated rings. The van der Waals surface area contributed by atoms with Gasteiger partial charge < -0.3 is 33.2 Å². The van der Waals surface area contributed by atoms with E-state index in [0.717, 1.165) is 11.1 Å². The van der Waals surface area contributed by atoms with E-state index in [1.165, 1.54) is 0 Å². The summed E-state index contributed by atoms with van der Waals surface area (Å²) in [4.78, 5) is 24.8. The molecule has 9 nitrogen and oxygen atoms in total. The Kier molecular flexibility index (Phi) is 13.3. The molecule has 1 atom stereocenters. The predicted octanol–water partition coefficient (Wildman–Crippen LogP) is 6.99. The third kappa shape index (κ3) is 8.44. The summed E-state index contributed by atoms with van der Waals surface area (Å²) in [6, 6.07) is 5.36. The summed E-state index contributed by atoms with van der Waals surface area (Å²) >= 11 is 0. The highest BCUT2D eigenvalue weighted by Crippen LogP contribution is 2.50. The van der Waals surface area contributed by atoms with E-state index in [2.05, 4.69) is 13.2 Å². The highest BCUT2D eigenvalue weighted by Gasteiger charge is 2.28. The normalized spacial score (nSPS) is 11.2. The van der Waals surface area contributed by atoms with Gasteiger partial charge in [0.2, 0.25) is 17.2 Å². The van der Waals surface area contributed by atoms with Crippen LogP contribution in [-0.2, 0) is 16.0 Å². The third-order valence-corrected chi connectivity index (χ3v) is 5.95. The second-order valence-corrected chi connectivity index (χ2v) is 9.44. The zero-order chi connectivity index (χ0) is 31.4. The lowest BCUT2D eigenvalue weighted by atomic mass is 9.91. The summed E-state index contributed by atoms with van der Waals surface area (Å²) in [5, 5.41) is 0. The number of hydrogen-bond donors (Lipinski definition) is 0. The Balaban J connectivity index is 2.71. The Labute approximate surface area is 249 Å². The van der Waals surface area contributed by atoms with E-state index in [-0.39, 0.29) is 34.3 Å². The number of carbonyl (C=O) groups excluding carboxylic acids is 2. The number of benzene rings is 2. The third-order valence-electron chi connectivity index (χ3n) is 5.95. The molecule has 0 heterocycles. The minimum absolute atomic E-state index is 0.136. The van der Waals surface area contributed by atoms with Crippen molar-refractivity contribution in [2.24, 2.45) is 0 Å². The molecule has 230 valence electrons. The fourth-order valence-corrected chi connectivity index (χ4v) is 4.15. The summed E-state index contributed by atoms with van der Waals surface area (Å²) < 4.78 is 41.2. The Morgan fingerprint density at radius 2 is 1.14 bits per heavy atom. The van der Waals surface area contributed by atoms with Crippen molar-refractivity contribution in [1.82, 2.24) is 0 Å². The Morgan fingerprint density at radius 3 is 1.69 bits per heavy atom. The zero-order valence-corrected chi connectivity index (χ0v) is 26.1. The van der Waals surface area contributed by atoms with Crippen LogP contribution in [-0.4, -0.2) is 45.0 Å². The molecule has 0 N–H and O–H groups in total. The second kappa shape index (κ2) is 16.3. The molecule has 0 saturated carbocycles. The molecule has 2 aromatic rings. The van der Waals surface area contributed by atoms with Gasteiger partial charge in [-0.1, -0.05) is 26.1 Å². The summed E-state index contributed by atoms with van der Waals surface area (Å²) in [6.45, 7) is 23.5. The molecule has 2 rings (SSSR count). The van der Waals surface area contributed by atoms with Crippen molar-refractivity contribution in [3.63, 3.8) is 0 Å². The maximum atomic E-state index is 12.5. The van der Waals surface area contributed by atoms with Crippen LogP contribution < -0.4 is 33.2 Å². The molecule has 0 aliphatic rings. The van der Waals surface area contributed by atoms with Crippen LogP contribution in [0.2, 0.25) is 0 Å². The number of esters is 2. The number of carbonyl (C=O) groups is 2. The molecule has 0 amide bonds. The van der Waals surface area contributed by atoms with Crippen molar-refractivity contribution in [3.05, 3.63) is 53.6 Å². The highest BCUT2D eigenvalue weighted by atomic mass is 16.6. The molecule has 0 aliphatic heterocycles. The fraction of sp³-hybridized carbons (Fsp3) is 0.455. The first kappa shape index (κ1) is 34.1. The maximum absolute atomic E-state index is 12.5. The summed E-state index contributed by atoms with van der Waals surface area (Å²) in [5.41, 5.74) is 2.13. The number of ether oxygens (including phenoxy) is 7. The van der Waals surface area contributed by atoms with Gasteiger partial charge in [0.15, 0.2) is 23.0 Å². The molecule has 2 aromatic carbocycles. The van der Waals surface area contributed by atoms with Crippen molar-refractivity contribution in [1.29, 1.82) is 0 Å². The lowest BCUT2D eigenvalue weighted by Gasteiger charge is -2.24. The molecule has 0 aliphatic carbocycles. The zero-order valence-electron chi connectivity index (χ0n) is 26.1. The van der Waals surface area contributed by atoms with Gasteiger partial charge in [0, 0.05) is 22.3 Å². The first-order chi connectivity index (χ1) is 20.0. The highest BCUT2D eigenvalue weighted by molar-refractivity contribution is 5.90. The van der Waals surface area contributed by atoms with Crippen molar-refractivity contribution < 1.29 is 42.7 Å². The van der Waals surface area contributed by atoms with Crippen LogP contribution in [0.15, 0.2) is 42.5 Å². The van der Waals surface area contributed by atoms with Crippen LogP contribution in [0, 0.1) is 0 Å². The van der Waals surface area contributed by atoms with Gasteiger partial charge in [0.05, 0.1) is 33.0 Å². The van der Waals surface area contributed by atoms with Gasteiger partial charge in [-0.3, -0.25) is 0 Å². The van der Waals surface area contributed by atoms with E-state index in [0.29, 0.717) is 62.5 Å². The summed E-state index contributed by atoms with van der Waals surface area (Å²) in [6.07, 6.45) is 0.473. The molecule has 1 unspecified atom stereocenters. The molecule has 0 radical (unpaired) electrons. The van der Waals surface area contributed by atoms with Crippen molar-refractivity contribution in [2.75, 3.05) is 33.0 Å². The van der Waals surface area contributed by atoms with Gasteiger partial charge in [-0.05, 0) is 72.9 Å². The largest absolute Gasteiger partial charge is 0.490 e. The molecule has 0 aromatic heterocycles. The first-order valence-electron chi connectivity index (χ1n) is 14.3. The van der Waals surface area contributed by atoms with Gasteiger partial charge >= 0.3 is 11.9 Å². The first-order valence-corrected chi connectivity index (χ1v) is 14.3. The quantitative estimate of drug-likeness (QED) is 0.111. The Bertz CT molecular complexity index is 1280. The van der Waals surface area contributed by atoms with E-state index >= 15 is 0 Å². The maximum Gasteiger partial charge on any atom is 0.338 e. The minimum atomic E-state index is -0.599. The fourth-order valence-electron chi connectivity index (χ4n) is 4.15. The summed E-state index contributed by atoms with van der Waals surface area (Å²) in [7, 11) is 0. The van der Waals surface area contributed by atoms with Crippen LogP contribution in [0.5, 0.6) is 40.2 Å². The van der Waals surface area contributed by atoms with Crippen LogP contribution in [0.4, 0.5) is 0 Å². The van der Waals surface area contributed by atoms with E-state index in [1.807, 2.05) is 47.6 Å². The smallest absolute Gasteiger partial charge is 0.338 e. The number of hydrogen-bond acceptors (Lipinski definition) is 9. The molecular formula is C33H44O9. The van der Waals surface area contributed by atoms with Gasteiger partial charge in [0.1, 0.15) is 0 Å². The van der Waals surface area contributed by atoms with Crippen molar-refractivity contribution in [2.45, 2.75) is 67.7 Å². The lowest BCUT2D eigenvalue weighted by Crippen LogP contribution is -2.14. The van der Waals surface area contributed by atoms with E-state index in [1.54, 1.807) is 26.0 Å². The topological polar surface area (TPSA) is 98.8 Å². The van der Waals surface area contributed by atoms with Gasteiger partial charge in [0.25, 0.3) is 0 Å². The molecule has 0 saturated heterocycles. The molecule has 42 heavy (non-hydrogen) atoms. The lowest BCUT2D eigenvalue weighted by molar-refractivity contribution is -0.131. The van der Waals surface area contributed by atoms with Crippen LogP contribution in [0.3, 0.4) is 0 Å². The van der Waals surface area contributed by atoms with Crippen LogP contribution in [0.1, 0.15) is 72.4 Å². The second-order valence-electron chi connectivity index (χ2n) is 9.44. The van der Waals surface area contributed by atoms with Gasteiger partial charge in [-0.25, -0.2) is 9.59 Å². The van der Waals surface area contributed by atoms with Crippen LogP contribution >= 0.6 is 0 Å². The molecule has 9 heteroatoms. The number of rotatable bonds is 17. The Hall–Kier alpha value is -4.14.